The Labute approximate surface area is 105 Å². The number of alkyl halides is 3. The number of para-hydroxylation sites is 1. The predicted octanol–water partition coefficient (Wildman–Crippen LogP) is 2.46. The van der Waals surface area contributed by atoms with Gasteiger partial charge in [0.2, 0.25) is 0 Å². The van der Waals surface area contributed by atoms with Crippen molar-refractivity contribution in [1.82, 2.24) is 9.97 Å². The molecule has 0 radical (unpaired) electrons. The predicted molar refractivity (Wildman–Crippen MR) is 61.8 cm³/mol. The fourth-order valence-corrected chi connectivity index (χ4v) is 1.60. The molecule has 0 spiro atoms. The van der Waals surface area contributed by atoms with E-state index in [1.54, 1.807) is 23.2 Å². The lowest BCUT2D eigenvalue weighted by Crippen LogP contribution is -2.19. The van der Waals surface area contributed by atoms with Gasteiger partial charge >= 0.3 is 11.9 Å². The van der Waals surface area contributed by atoms with Gasteiger partial charge in [-0.2, -0.15) is 18.2 Å². The lowest BCUT2D eigenvalue weighted by atomic mass is 10.1. The van der Waals surface area contributed by atoms with Gasteiger partial charge in [0.15, 0.2) is 0 Å². The van der Waals surface area contributed by atoms with Gasteiger partial charge in [0.25, 0.3) is 0 Å². The molecule has 0 aliphatic heterocycles. The second kappa shape index (κ2) is 4.75. The molecule has 19 heavy (non-hydrogen) atoms. The molecule has 0 unspecified atom stereocenters. The molecule has 7 heteroatoms. The maximum Gasteiger partial charge on any atom is 0.431 e. The summed E-state index contributed by atoms with van der Waals surface area (Å²) in [5, 5.41) is 0. The zero-order chi connectivity index (χ0) is 14.0. The van der Waals surface area contributed by atoms with Gasteiger partial charge in [0, 0.05) is 5.56 Å². The van der Waals surface area contributed by atoms with Crippen LogP contribution in [0.3, 0.4) is 0 Å². The zero-order valence-electron chi connectivity index (χ0n) is 9.78. The van der Waals surface area contributed by atoms with E-state index in [1.807, 2.05) is 0 Å². The molecule has 1 heterocycles. The Kier molecular flexibility index (Phi) is 3.28. The van der Waals surface area contributed by atoms with Crippen LogP contribution in [0.5, 0.6) is 5.75 Å². The topological polar surface area (TPSA) is 55.0 Å². The molecule has 2 aromatic rings. The zero-order valence-corrected chi connectivity index (χ0v) is 9.78. The largest absolute Gasteiger partial charge is 0.496 e. The summed E-state index contributed by atoms with van der Waals surface area (Å²) in [6, 6.07) is 7.17. The van der Waals surface area contributed by atoms with Crippen molar-refractivity contribution in [2.24, 2.45) is 0 Å². The minimum atomic E-state index is -4.64. The third-order valence-corrected chi connectivity index (χ3v) is 2.43. The van der Waals surface area contributed by atoms with Crippen LogP contribution in [0.2, 0.25) is 0 Å². The number of nitrogens with zero attached hydrogens (tertiary/aromatic N) is 1. The van der Waals surface area contributed by atoms with Crippen molar-refractivity contribution in [3.8, 4) is 17.0 Å². The summed E-state index contributed by atoms with van der Waals surface area (Å²) in [4.78, 5) is 16.4. The van der Waals surface area contributed by atoms with Crippen molar-refractivity contribution >= 4 is 0 Å². The molecule has 4 nitrogen and oxygen atoms in total. The molecule has 0 bridgehead atoms. The first-order chi connectivity index (χ1) is 8.91. The normalized spacial score (nSPS) is 11.4. The average molecular weight is 270 g/mol. The molecule has 0 atom stereocenters. The van der Waals surface area contributed by atoms with Gasteiger partial charge in [-0.25, -0.2) is 4.79 Å². The molecule has 100 valence electrons. The Morgan fingerprint density at radius 3 is 2.58 bits per heavy atom. The van der Waals surface area contributed by atoms with Crippen molar-refractivity contribution in [3.63, 3.8) is 0 Å². The van der Waals surface area contributed by atoms with Crippen LogP contribution in [0.25, 0.3) is 11.3 Å². The van der Waals surface area contributed by atoms with Crippen LogP contribution >= 0.6 is 0 Å². The van der Waals surface area contributed by atoms with Gasteiger partial charge in [-0.3, -0.25) is 0 Å². The van der Waals surface area contributed by atoms with Gasteiger partial charge in [-0.1, -0.05) is 12.1 Å². The van der Waals surface area contributed by atoms with Crippen molar-refractivity contribution < 1.29 is 17.9 Å². The molecule has 1 aromatic carbocycles. The fraction of sp³-hybridized carbons (Fsp3) is 0.167. The minimum Gasteiger partial charge on any atom is -0.496 e. The standard InChI is InChI=1S/C12H9F3N2O2/c1-19-9-5-3-2-4-7(9)8-6-10(12(13,14)15)17-11(18)16-8/h2-6H,1H3,(H,16,17,18). The molecular weight excluding hydrogens is 261 g/mol. The van der Waals surface area contributed by atoms with Crippen molar-refractivity contribution in [3.05, 3.63) is 46.5 Å². The van der Waals surface area contributed by atoms with Crippen LogP contribution in [0.15, 0.2) is 35.1 Å². The summed E-state index contributed by atoms with van der Waals surface area (Å²) >= 11 is 0. The molecule has 1 N–H and O–H groups in total. The van der Waals surface area contributed by atoms with Crippen LogP contribution in [0, 0.1) is 0 Å². The number of halogens is 3. The number of benzene rings is 1. The number of hydrogen-bond acceptors (Lipinski definition) is 3. The highest BCUT2D eigenvalue weighted by Gasteiger charge is 2.32. The number of nitrogens with one attached hydrogen (secondary N) is 1. The van der Waals surface area contributed by atoms with Crippen molar-refractivity contribution in [1.29, 1.82) is 0 Å². The van der Waals surface area contributed by atoms with E-state index in [0.29, 0.717) is 11.3 Å². The van der Waals surface area contributed by atoms with Crippen LogP contribution in [-0.2, 0) is 6.18 Å². The monoisotopic (exact) mass is 270 g/mol. The maximum atomic E-state index is 12.6. The first-order valence-electron chi connectivity index (χ1n) is 5.24. The summed E-state index contributed by atoms with van der Waals surface area (Å²) in [7, 11) is 1.39. The van der Waals surface area contributed by atoms with Gasteiger partial charge in [-0.15, -0.1) is 0 Å². The average Bonchev–Trinajstić information content (AvgIpc) is 2.37. The van der Waals surface area contributed by atoms with Crippen molar-refractivity contribution in [2.75, 3.05) is 7.11 Å². The summed E-state index contributed by atoms with van der Waals surface area (Å²) in [5.41, 5.74) is -1.97. The highest BCUT2D eigenvalue weighted by Crippen LogP contribution is 2.32. The first kappa shape index (κ1) is 13.1. The Morgan fingerprint density at radius 1 is 1.26 bits per heavy atom. The SMILES string of the molecule is COc1ccccc1-c1cc(C(F)(F)F)[nH]c(=O)n1. The van der Waals surface area contributed by atoms with Gasteiger partial charge in [0.1, 0.15) is 11.4 Å². The van der Waals surface area contributed by atoms with Crippen LogP contribution < -0.4 is 10.4 Å². The van der Waals surface area contributed by atoms with Gasteiger partial charge in [0.05, 0.1) is 12.8 Å². The summed E-state index contributed by atoms with van der Waals surface area (Å²) in [6.07, 6.45) is -4.64. The lowest BCUT2D eigenvalue weighted by Gasteiger charge is -2.10. The summed E-state index contributed by atoms with van der Waals surface area (Å²) in [6.45, 7) is 0. The van der Waals surface area contributed by atoms with Crippen LogP contribution in [0.4, 0.5) is 13.2 Å². The second-order valence-corrected chi connectivity index (χ2v) is 3.68. The number of aromatic nitrogens is 2. The number of methoxy groups -OCH3 is 1. The molecule has 2 rings (SSSR count). The van der Waals surface area contributed by atoms with E-state index < -0.39 is 17.6 Å². The van der Waals surface area contributed by atoms with E-state index in [9.17, 15) is 18.0 Å². The highest BCUT2D eigenvalue weighted by molar-refractivity contribution is 5.67. The van der Waals surface area contributed by atoms with E-state index >= 15 is 0 Å². The van der Waals surface area contributed by atoms with E-state index in [1.165, 1.54) is 13.2 Å². The Hall–Kier alpha value is -2.31. The molecule has 0 saturated carbocycles. The number of aromatic amines is 1. The smallest absolute Gasteiger partial charge is 0.431 e. The lowest BCUT2D eigenvalue weighted by molar-refractivity contribution is -0.141. The molecular formula is C12H9F3N2O2. The molecule has 1 aromatic heterocycles. The van der Waals surface area contributed by atoms with Crippen LogP contribution in [0.1, 0.15) is 5.69 Å². The molecule has 0 aliphatic rings. The maximum absolute atomic E-state index is 12.6. The van der Waals surface area contributed by atoms with Crippen LogP contribution in [-0.4, -0.2) is 17.1 Å². The Balaban J connectivity index is 2.63. The van der Waals surface area contributed by atoms with Crippen molar-refractivity contribution in [2.45, 2.75) is 6.18 Å². The fourth-order valence-electron chi connectivity index (χ4n) is 1.60. The number of rotatable bonds is 2. The molecule has 0 saturated heterocycles. The number of H-pyrrole nitrogens is 1. The third kappa shape index (κ3) is 2.75. The Bertz CT molecular complexity index is 650. The molecule has 0 aliphatic carbocycles. The number of hydrogen-bond donors (Lipinski definition) is 1. The van der Waals surface area contributed by atoms with E-state index in [2.05, 4.69) is 4.98 Å². The third-order valence-electron chi connectivity index (χ3n) is 2.43. The quantitative estimate of drug-likeness (QED) is 0.912. The summed E-state index contributed by atoms with van der Waals surface area (Å²) < 4.78 is 42.9. The molecule has 0 fully saturated rings. The van der Waals surface area contributed by atoms with E-state index in [-0.39, 0.29) is 5.69 Å². The van der Waals surface area contributed by atoms with E-state index in [0.717, 1.165) is 6.07 Å². The highest BCUT2D eigenvalue weighted by atomic mass is 19.4. The number of ether oxygens (including phenoxy) is 1. The van der Waals surface area contributed by atoms with E-state index in [4.69, 9.17) is 4.74 Å². The molecule has 0 amide bonds. The van der Waals surface area contributed by atoms with Gasteiger partial charge in [-0.05, 0) is 18.2 Å². The van der Waals surface area contributed by atoms with Gasteiger partial charge < -0.3 is 9.72 Å². The Morgan fingerprint density at radius 2 is 1.95 bits per heavy atom. The summed E-state index contributed by atoms with van der Waals surface area (Å²) in [5.74, 6) is 0.341. The first-order valence-corrected chi connectivity index (χ1v) is 5.24. The minimum absolute atomic E-state index is 0.0893. The second-order valence-electron chi connectivity index (χ2n) is 3.68.